The van der Waals surface area contributed by atoms with E-state index in [1.54, 1.807) is 6.07 Å². The normalized spacial score (nSPS) is 23.9. The first-order valence-corrected chi connectivity index (χ1v) is 6.11. The van der Waals surface area contributed by atoms with E-state index in [-0.39, 0.29) is 5.54 Å². The molecule has 2 rings (SSSR count). The van der Waals surface area contributed by atoms with Crippen molar-refractivity contribution in [3.8, 4) is 0 Å². The molecule has 1 atom stereocenters. The van der Waals surface area contributed by atoms with Crippen molar-refractivity contribution in [1.29, 1.82) is 0 Å². The number of hydrogen-bond donors (Lipinski definition) is 2. The molecule has 0 spiro atoms. The van der Waals surface area contributed by atoms with Crippen LogP contribution in [0.25, 0.3) is 0 Å². The number of nitrogens with two attached hydrogens (primary N) is 1. The van der Waals surface area contributed by atoms with Crippen LogP contribution in [0, 0.1) is 0 Å². The summed E-state index contributed by atoms with van der Waals surface area (Å²) in [5.41, 5.74) is 5.75. The molecule has 1 fully saturated rings. The summed E-state index contributed by atoms with van der Waals surface area (Å²) in [6.07, 6.45) is 2.86. The molecular formula is C12H20N4O. The molecule has 1 aromatic heterocycles. The molecule has 5 nitrogen and oxygen atoms in total. The molecule has 1 aromatic rings. The van der Waals surface area contributed by atoms with Crippen LogP contribution in [0.5, 0.6) is 0 Å². The van der Waals surface area contributed by atoms with Crippen molar-refractivity contribution in [3.05, 3.63) is 11.9 Å². The predicted molar refractivity (Wildman–Crippen MR) is 67.9 cm³/mol. The van der Waals surface area contributed by atoms with Crippen LogP contribution in [0.1, 0.15) is 32.5 Å². The van der Waals surface area contributed by atoms with Gasteiger partial charge in [-0.2, -0.15) is 0 Å². The number of nitrogen functional groups attached to an aromatic ring is 1. The molecule has 1 unspecified atom stereocenters. The Morgan fingerprint density at radius 3 is 3.00 bits per heavy atom. The summed E-state index contributed by atoms with van der Waals surface area (Å²) in [5, 5.41) is 3.40. The summed E-state index contributed by atoms with van der Waals surface area (Å²) in [4.78, 5) is 8.69. The Morgan fingerprint density at radius 1 is 1.53 bits per heavy atom. The second-order valence-electron chi connectivity index (χ2n) is 4.83. The third-order valence-electron chi connectivity index (χ3n) is 2.91. The molecule has 0 aliphatic carbocycles. The van der Waals surface area contributed by atoms with Gasteiger partial charge in [0, 0.05) is 19.1 Å². The molecular weight excluding hydrogens is 216 g/mol. The highest BCUT2D eigenvalue weighted by atomic mass is 16.5. The van der Waals surface area contributed by atoms with E-state index in [4.69, 9.17) is 10.5 Å². The minimum atomic E-state index is -0.0374. The Hall–Kier alpha value is -1.36. The van der Waals surface area contributed by atoms with Crippen LogP contribution < -0.4 is 11.1 Å². The summed E-state index contributed by atoms with van der Waals surface area (Å²) >= 11 is 0. The lowest BCUT2D eigenvalue weighted by molar-refractivity contribution is 0.185. The fraction of sp³-hybridized carbons (Fsp3) is 0.667. The molecule has 0 radical (unpaired) electrons. The Kier molecular flexibility index (Phi) is 3.47. The topological polar surface area (TPSA) is 73.1 Å². The zero-order chi connectivity index (χ0) is 12.3. The average Bonchev–Trinajstić information content (AvgIpc) is 2.64. The van der Waals surface area contributed by atoms with Gasteiger partial charge in [-0.05, 0) is 19.8 Å². The molecule has 0 amide bonds. The van der Waals surface area contributed by atoms with Crippen molar-refractivity contribution in [3.63, 3.8) is 0 Å². The number of ether oxygens (including phenoxy) is 1. The smallest absolute Gasteiger partial charge is 0.133 e. The van der Waals surface area contributed by atoms with Crippen LogP contribution in [0.3, 0.4) is 0 Å². The van der Waals surface area contributed by atoms with E-state index >= 15 is 0 Å². The van der Waals surface area contributed by atoms with Crippen molar-refractivity contribution >= 4 is 11.6 Å². The van der Waals surface area contributed by atoms with Gasteiger partial charge in [0.2, 0.25) is 0 Å². The molecule has 5 heteroatoms. The van der Waals surface area contributed by atoms with Crippen LogP contribution in [-0.2, 0) is 11.2 Å². The van der Waals surface area contributed by atoms with Gasteiger partial charge in [0.15, 0.2) is 0 Å². The highest BCUT2D eigenvalue weighted by Gasteiger charge is 2.29. The zero-order valence-corrected chi connectivity index (χ0v) is 10.5. The van der Waals surface area contributed by atoms with Gasteiger partial charge < -0.3 is 15.8 Å². The van der Waals surface area contributed by atoms with Crippen molar-refractivity contribution in [2.45, 2.75) is 38.6 Å². The second-order valence-corrected chi connectivity index (χ2v) is 4.83. The molecule has 1 aliphatic heterocycles. The zero-order valence-electron chi connectivity index (χ0n) is 10.5. The highest BCUT2D eigenvalue weighted by Crippen LogP contribution is 2.23. The van der Waals surface area contributed by atoms with Gasteiger partial charge in [-0.3, -0.25) is 0 Å². The fourth-order valence-electron chi connectivity index (χ4n) is 1.99. The minimum Gasteiger partial charge on any atom is -0.384 e. The lowest BCUT2D eigenvalue weighted by Crippen LogP contribution is -2.35. The maximum Gasteiger partial charge on any atom is 0.133 e. The van der Waals surface area contributed by atoms with E-state index < -0.39 is 0 Å². The summed E-state index contributed by atoms with van der Waals surface area (Å²) in [7, 11) is 0. The van der Waals surface area contributed by atoms with Gasteiger partial charge >= 0.3 is 0 Å². The Bertz CT molecular complexity index is 388. The van der Waals surface area contributed by atoms with Crippen molar-refractivity contribution < 1.29 is 4.74 Å². The molecule has 1 aliphatic rings. The second kappa shape index (κ2) is 4.87. The summed E-state index contributed by atoms with van der Waals surface area (Å²) in [6, 6.07) is 1.78. The highest BCUT2D eigenvalue weighted by molar-refractivity contribution is 5.46. The number of hydrogen-bond acceptors (Lipinski definition) is 5. The summed E-state index contributed by atoms with van der Waals surface area (Å²) in [6.45, 7) is 5.75. The van der Waals surface area contributed by atoms with Crippen molar-refractivity contribution in [2.24, 2.45) is 0 Å². The van der Waals surface area contributed by atoms with Gasteiger partial charge in [0.1, 0.15) is 17.5 Å². The first-order valence-electron chi connectivity index (χ1n) is 6.11. The van der Waals surface area contributed by atoms with Crippen LogP contribution in [0.15, 0.2) is 6.07 Å². The van der Waals surface area contributed by atoms with Crippen molar-refractivity contribution in [2.75, 3.05) is 24.3 Å². The third kappa shape index (κ3) is 3.06. The Balaban J connectivity index is 2.14. The number of aromatic nitrogens is 2. The van der Waals surface area contributed by atoms with Gasteiger partial charge in [-0.1, -0.05) is 6.92 Å². The average molecular weight is 236 g/mol. The molecule has 2 heterocycles. The van der Waals surface area contributed by atoms with Gasteiger partial charge in [0.05, 0.1) is 12.1 Å². The molecule has 0 bridgehead atoms. The van der Waals surface area contributed by atoms with E-state index in [2.05, 4.69) is 29.1 Å². The fourth-order valence-corrected chi connectivity index (χ4v) is 1.99. The number of nitrogens with one attached hydrogen (secondary N) is 1. The minimum absolute atomic E-state index is 0.0374. The molecule has 0 aromatic carbocycles. The van der Waals surface area contributed by atoms with E-state index in [9.17, 15) is 0 Å². The number of nitrogens with zero attached hydrogens (tertiary/aromatic N) is 2. The SMILES string of the molecule is CCCc1nc(N)cc(NC2(C)CCOC2)n1. The van der Waals surface area contributed by atoms with Gasteiger partial charge in [-0.15, -0.1) is 0 Å². The lowest BCUT2D eigenvalue weighted by atomic mass is 10.0. The van der Waals surface area contributed by atoms with Crippen LogP contribution >= 0.6 is 0 Å². The number of aryl methyl sites for hydroxylation is 1. The molecule has 0 saturated carbocycles. The van der Waals surface area contributed by atoms with E-state index in [1.807, 2.05) is 0 Å². The van der Waals surface area contributed by atoms with Gasteiger partial charge in [-0.25, -0.2) is 9.97 Å². The number of anilines is 2. The monoisotopic (exact) mass is 236 g/mol. The first kappa shape index (κ1) is 12.1. The standard InChI is InChI=1S/C12H20N4O/c1-3-4-10-14-9(13)7-11(15-10)16-12(2)5-6-17-8-12/h7H,3-6,8H2,1-2H3,(H3,13,14,15,16). The molecule has 17 heavy (non-hydrogen) atoms. The largest absolute Gasteiger partial charge is 0.384 e. The van der Waals surface area contributed by atoms with Crippen LogP contribution in [0.2, 0.25) is 0 Å². The van der Waals surface area contributed by atoms with E-state index in [1.165, 1.54) is 0 Å². The number of rotatable bonds is 4. The first-order chi connectivity index (χ1) is 8.11. The van der Waals surface area contributed by atoms with E-state index in [0.29, 0.717) is 12.4 Å². The van der Waals surface area contributed by atoms with Crippen molar-refractivity contribution in [1.82, 2.24) is 9.97 Å². The molecule has 94 valence electrons. The maximum atomic E-state index is 5.78. The van der Waals surface area contributed by atoms with Crippen LogP contribution in [0.4, 0.5) is 11.6 Å². The molecule has 3 N–H and O–H groups in total. The summed E-state index contributed by atoms with van der Waals surface area (Å²) < 4.78 is 5.40. The van der Waals surface area contributed by atoms with E-state index in [0.717, 1.165) is 37.5 Å². The Labute approximate surface area is 102 Å². The predicted octanol–water partition coefficient (Wildman–Crippen LogP) is 1.60. The quantitative estimate of drug-likeness (QED) is 0.830. The van der Waals surface area contributed by atoms with Gasteiger partial charge in [0.25, 0.3) is 0 Å². The lowest BCUT2D eigenvalue weighted by Gasteiger charge is -2.24. The molecule has 1 saturated heterocycles. The van der Waals surface area contributed by atoms with Crippen LogP contribution in [-0.4, -0.2) is 28.7 Å². The Morgan fingerprint density at radius 2 is 2.35 bits per heavy atom. The summed E-state index contributed by atoms with van der Waals surface area (Å²) in [5.74, 6) is 2.12. The maximum absolute atomic E-state index is 5.78. The third-order valence-corrected chi connectivity index (χ3v) is 2.91.